The maximum atomic E-state index is 11.1. The van der Waals surface area contributed by atoms with Gasteiger partial charge in [-0.25, -0.2) is 4.79 Å². The molecule has 3 nitrogen and oxygen atoms in total. The van der Waals surface area contributed by atoms with Gasteiger partial charge in [0.25, 0.3) is 0 Å². The van der Waals surface area contributed by atoms with Crippen LogP contribution in [0.25, 0.3) is 5.57 Å². The Labute approximate surface area is 98.7 Å². The summed E-state index contributed by atoms with van der Waals surface area (Å²) in [5.74, 6) is -0.873. The van der Waals surface area contributed by atoms with Gasteiger partial charge in [-0.15, -0.1) is 0 Å². The van der Waals surface area contributed by atoms with E-state index in [0.717, 1.165) is 17.7 Å². The standard InChI is InChI=1S/C12H12ClNO2/c13-11-4-2-1-3-9(11)8-5-6-14-7-10(8)12(15)16/h1-4,14H,5-7H2,(H,15,16). The number of carboxylic acids is 1. The molecule has 4 heteroatoms. The van der Waals surface area contributed by atoms with Crippen molar-refractivity contribution in [2.75, 3.05) is 13.1 Å². The molecule has 2 N–H and O–H groups in total. The van der Waals surface area contributed by atoms with Crippen LogP contribution in [0.2, 0.25) is 5.02 Å². The average molecular weight is 238 g/mol. The number of aliphatic carboxylic acids is 1. The Morgan fingerprint density at radius 3 is 2.81 bits per heavy atom. The SMILES string of the molecule is O=C(O)C1=C(c2ccccc2Cl)CCNC1. The molecule has 0 unspecified atom stereocenters. The van der Waals surface area contributed by atoms with Gasteiger partial charge in [0.1, 0.15) is 0 Å². The van der Waals surface area contributed by atoms with Crippen LogP contribution < -0.4 is 5.32 Å². The monoisotopic (exact) mass is 237 g/mol. The summed E-state index contributed by atoms with van der Waals surface area (Å²) in [6.45, 7) is 1.19. The summed E-state index contributed by atoms with van der Waals surface area (Å²) in [5, 5.41) is 12.8. The van der Waals surface area contributed by atoms with E-state index in [-0.39, 0.29) is 0 Å². The van der Waals surface area contributed by atoms with Crippen molar-refractivity contribution in [1.82, 2.24) is 5.32 Å². The summed E-state index contributed by atoms with van der Waals surface area (Å²) in [5.41, 5.74) is 2.10. The van der Waals surface area contributed by atoms with Crippen molar-refractivity contribution in [3.8, 4) is 0 Å². The molecule has 0 bridgehead atoms. The summed E-state index contributed by atoms with van der Waals surface area (Å²) < 4.78 is 0. The largest absolute Gasteiger partial charge is 0.478 e. The summed E-state index contributed by atoms with van der Waals surface area (Å²) in [7, 11) is 0. The van der Waals surface area contributed by atoms with Gasteiger partial charge in [-0.3, -0.25) is 0 Å². The highest BCUT2D eigenvalue weighted by molar-refractivity contribution is 6.32. The van der Waals surface area contributed by atoms with E-state index in [1.165, 1.54) is 0 Å². The molecule has 84 valence electrons. The molecule has 0 spiro atoms. The maximum Gasteiger partial charge on any atom is 0.333 e. The van der Waals surface area contributed by atoms with E-state index in [1.54, 1.807) is 6.07 Å². The number of benzene rings is 1. The van der Waals surface area contributed by atoms with Gasteiger partial charge >= 0.3 is 5.97 Å². The second kappa shape index (κ2) is 4.68. The van der Waals surface area contributed by atoms with Gasteiger partial charge in [0.05, 0.1) is 5.57 Å². The summed E-state index contributed by atoms with van der Waals surface area (Å²) in [4.78, 5) is 11.1. The number of carbonyl (C=O) groups is 1. The number of halogens is 1. The summed E-state index contributed by atoms with van der Waals surface area (Å²) >= 11 is 6.08. The molecular weight excluding hydrogens is 226 g/mol. The molecule has 1 aromatic rings. The van der Waals surface area contributed by atoms with Crippen LogP contribution in [0, 0.1) is 0 Å². The first-order valence-electron chi connectivity index (χ1n) is 5.11. The van der Waals surface area contributed by atoms with Crippen LogP contribution in [-0.4, -0.2) is 24.2 Å². The minimum Gasteiger partial charge on any atom is -0.478 e. The summed E-state index contributed by atoms with van der Waals surface area (Å²) in [6, 6.07) is 7.36. The smallest absolute Gasteiger partial charge is 0.333 e. The fourth-order valence-corrected chi connectivity index (χ4v) is 2.14. The Morgan fingerprint density at radius 2 is 2.12 bits per heavy atom. The number of nitrogens with one attached hydrogen (secondary N) is 1. The van der Waals surface area contributed by atoms with Crippen LogP contribution >= 0.6 is 11.6 Å². The third kappa shape index (κ3) is 2.10. The van der Waals surface area contributed by atoms with E-state index < -0.39 is 5.97 Å². The lowest BCUT2D eigenvalue weighted by Crippen LogP contribution is -2.28. The molecule has 2 rings (SSSR count). The normalized spacial score (nSPS) is 16.3. The predicted octanol–water partition coefficient (Wildman–Crippen LogP) is 2.17. The molecule has 1 aliphatic heterocycles. The lowest BCUT2D eigenvalue weighted by atomic mass is 9.94. The summed E-state index contributed by atoms with van der Waals surface area (Å²) in [6.07, 6.45) is 0.700. The molecule has 0 aliphatic carbocycles. The van der Waals surface area contributed by atoms with Gasteiger partial charge in [0.15, 0.2) is 0 Å². The Hall–Kier alpha value is -1.32. The zero-order valence-electron chi connectivity index (χ0n) is 8.66. The molecule has 0 radical (unpaired) electrons. The topological polar surface area (TPSA) is 49.3 Å². The molecular formula is C12H12ClNO2. The highest BCUT2D eigenvalue weighted by Gasteiger charge is 2.20. The third-order valence-corrected chi connectivity index (χ3v) is 3.00. The molecule has 0 saturated carbocycles. The minimum atomic E-state index is -0.873. The molecule has 0 amide bonds. The molecule has 1 aromatic carbocycles. The van der Waals surface area contributed by atoms with Crippen LogP contribution in [0.1, 0.15) is 12.0 Å². The Kier molecular flexibility index (Phi) is 3.27. The van der Waals surface area contributed by atoms with Gasteiger partial charge in [0.2, 0.25) is 0 Å². The Morgan fingerprint density at radius 1 is 1.38 bits per heavy atom. The number of carboxylic acid groups (broad SMARTS) is 1. The van der Waals surface area contributed by atoms with E-state index in [9.17, 15) is 4.79 Å². The van der Waals surface area contributed by atoms with Gasteiger partial charge in [-0.2, -0.15) is 0 Å². The average Bonchev–Trinajstić information content (AvgIpc) is 2.29. The van der Waals surface area contributed by atoms with E-state index in [1.807, 2.05) is 18.2 Å². The van der Waals surface area contributed by atoms with E-state index in [2.05, 4.69) is 5.32 Å². The van der Waals surface area contributed by atoms with Crippen molar-refractivity contribution in [2.24, 2.45) is 0 Å². The molecule has 0 saturated heterocycles. The lowest BCUT2D eigenvalue weighted by molar-refractivity contribution is -0.132. The Balaban J connectivity index is 2.52. The molecule has 0 atom stereocenters. The minimum absolute atomic E-state index is 0.399. The highest BCUT2D eigenvalue weighted by atomic mass is 35.5. The van der Waals surface area contributed by atoms with Gasteiger partial charge in [0, 0.05) is 11.6 Å². The van der Waals surface area contributed by atoms with Crippen molar-refractivity contribution in [2.45, 2.75) is 6.42 Å². The van der Waals surface area contributed by atoms with Gasteiger partial charge < -0.3 is 10.4 Å². The van der Waals surface area contributed by atoms with Crippen molar-refractivity contribution < 1.29 is 9.90 Å². The van der Waals surface area contributed by atoms with Crippen molar-refractivity contribution in [1.29, 1.82) is 0 Å². The molecule has 1 aliphatic rings. The quantitative estimate of drug-likeness (QED) is 0.829. The van der Waals surface area contributed by atoms with E-state index in [4.69, 9.17) is 16.7 Å². The number of rotatable bonds is 2. The maximum absolute atomic E-state index is 11.1. The van der Waals surface area contributed by atoms with Crippen molar-refractivity contribution >= 4 is 23.1 Å². The number of hydrogen-bond donors (Lipinski definition) is 2. The van der Waals surface area contributed by atoms with Crippen LogP contribution in [0.5, 0.6) is 0 Å². The predicted molar refractivity (Wildman–Crippen MR) is 63.5 cm³/mol. The van der Waals surface area contributed by atoms with Crippen molar-refractivity contribution in [3.63, 3.8) is 0 Å². The Bertz CT molecular complexity index is 454. The van der Waals surface area contributed by atoms with Crippen LogP contribution in [-0.2, 0) is 4.79 Å². The first-order valence-corrected chi connectivity index (χ1v) is 5.49. The van der Waals surface area contributed by atoms with E-state index in [0.29, 0.717) is 23.6 Å². The van der Waals surface area contributed by atoms with Crippen LogP contribution in [0.15, 0.2) is 29.8 Å². The first kappa shape index (κ1) is 11.2. The molecule has 0 fully saturated rings. The molecule has 1 heterocycles. The molecule has 0 aromatic heterocycles. The zero-order chi connectivity index (χ0) is 11.5. The fraction of sp³-hybridized carbons (Fsp3) is 0.250. The van der Waals surface area contributed by atoms with Crippen LogP contribution in [0.3, 0.4) is 0 Å². The van der Waals surface area contributed by atoms with Crippen molar-refractivity contribution in [3.05, 3.63) is 40.4 Å². The second-order valence-corrected chi connectivity index (χ2v) is 4.08. The zero-order valence-corrected chi connectivity index (χ0v) is 9.42. The third-order valence-electron chi connectivity index (χ3n) is 2.67. The van der Waals surface area contributed by atoms with Gasteiger partial charge in [-0.1, -0.05) is 29.8 Å². The fourth-order valence-electron chi connectivity index (χ4n) is 1.89. The number of hydrogen-bond acceptors (Lipinski definition) is 2. The van der Waals surface area contributed by atoms with Gasteiger partial charge in [-0.05, 0) is 30.2 Å². The molecule has 16 heavy (non-hydrogen) atoms. The van der Waals surface area contributed by atoms with Crippen LogP contribution in [0.4, 0.5) is 0 Å². The lowest BCUT2D eigenvalue weighted by Gasteiger charge is -2.19. The second-order valence-electron chi connectivity index (χ2n) is 3.67. The first-order chi connectivity index (χ1) is 7.70. The van der Waals surface area contributed by atoms with E-state index >= 15 is 0 Å². The highest BCUT2D eigenvalue weighted by Crippen LogP contribution is 2.30.